The predicted octanol–water partition coefficient (Wildman–Crippen LogP) is 1.16. The van der Waals surface area contributed by atoms with Crippen molar-refractivity contribution in [1.29, 1.82) is 0 Å². The summed E-state index contributed by atoms with van der Waals surface area (Å²) >= 11 is 0. The third kappa shape index (κ3) is 1.91. The summed E-state index contributed by atoms with van der Waals surface area (Å²) < 4.78 is 0. The summed E-state index contributed by atoms with van der Waals surface area (Å²) in [7, 11) is 0. The van der Waals surface area contributed by atoms with E-state index in [0.717, 1.165) is 4.90 Å². The highest BCUT2D eigenvalue weighted by molar-refractivity contribution is 6.21. The first-order chi connectivity index (χ1) is 9.56. The molecule has 1 aromatic carbocycles. The fraction of sp³-hybridized carbons (Fsp3) is 0.143. The maximum atomic E-state index is 12.2. The summed E-state index contributed by atoms with van der Waals surface area (Å²) in [5, 5.41) is 0. The van der Waals surface area contributed by atoms with Crippen LogP contribution in [-0.4, -0.2) is 26.7 Å². The third-order valence-corrected chi connectivity index (χ3v) is 3.10. The molecule has 2 N–H and O–H groups in total. The molecule has 0 bridgehead atoms. The Bertz CT molecular complexity index is 672. The summed E-state index contributed by atoms with van der Waals surface area (Å²) in [4.78, 5) is 33.8. The minimum Gasteiger partial charge on any atom is -0.384 e. The summed E-state index contributed by atoms with van der Waals surface area (Å²) in [6.07, 6.45) is 0. The topological polar surface area (TPSA) is 89.2 Å². The second-order valence-corrected chi connectivity index (χ2v) is 4.59. The number of fused-ring (bicyclic) bond motifs is 1. The second kappa shape index (κ2) is 4.41. The Morgan fingerprint density at radius 3 is 2.25 bits per heavy atom. The SMILES string of the molecule is Cc1cc(N)nc(CN2C(=O)c3ccccc3C2=O)n1. The number of aromatic nitrogens is 2. The van der Waals surface area contributed by atoms with Crippen LogP contribution in [0.2, 0.25) is 0 Å². The first kappa shape index (κ1) is 12.3. The highest BCUT2D eigenvalue weighted by Gasteiger charge is 2.35. The lowest BCUT2D eigenvalue weighted by molar-refractivity contribution is 0.0638. The number of nitrogens with two attached hydrogens (primary N) is 1. The predicted molar refractivity (Wildman–Crippen MR) is 71.8 cm³/mol. The summed E-state index contributed by atoms with van der Waals surface area (Å²) in [6.45, 7) is 1.81. The zero-order valence-electron chi connectivity index (χ0n) is 10.8. The van der Waals surface area contributed by atoms with Crippen molar-refractivity contribution in [3.05, 3.63) is 53.0 Å². The van der Waals surface area contributed by atoms with E-state index in [0.29, 0.717) is 28.5 Å². The number of anilines is 1. The van der Waals surface area contributed by atoms with Gasteiger partial charge in [-0.2, -0.15) is 0 Å². The van der Waals surface area contributed by atoms with E-state index >= 15 is 0 Å². The van der Waals surface area contributed by atoms with Crippen LogP contribution in [0.1, 0.15) is 32.2 Å². The van der Waals surface area contributed by atoms with Gasteiger partial charge in [0.2, 0.25) is 0 Å². The van der Waals surface area contributed by atoms with Crippen LogP contribution in [0, 0.1) is 6.92 Å². The van der Waals surface area contributed by atoms with Gasteiger partial charge in [-0.3, -0.25) is 14.5 Å². The van der Waals surface area contributed by atoms with Crippen LogP contribution < -0.4 is 5.73 Å². The van der Waals surface area contributed by atoms with Crippen molar-refractivity contribution in [3.63, 3.8) is 0 Å². The molecule has 100 valence electrons. The summed E-state index contributed by atoms with van der Waals surface area (Å²) in [5.41, 5.74) is 7.18. The highest BCUT2D eigenvalue weighted by Crippen LogP contribution is 2.23. The van der Waals surface area contributed by atoms with Gasteiger partial charge in [-0.1, -0.05) is 12.1 Å². The minimum absolute atomic E-state index is 0.0260. The van der Waals surface area contributed by atoms with Gasteiger partial charge in [0, 0.05) is 11.8 Å². The van der Waals surface area contributed by atoms with Crippen LogP contribution >= 0.6 is 0 Å². The Labute approximate surface area is 115 Å². The molecule has 0 saturated carbocycles. The highest BCUT2D eigenvalue weighted by atomic mass is 16.2. The fourth-order valence-corrected chi connectivity index (χ4v) is 2.25. The maximum absolute atomic E-state index is 12.2. The molecule has 1 aliphatic rings. The fourth-order valence-electron chi connectivity index (χ4n) is 2.25. The zero-order chi connectivity index (χ0) is 14.3. The van der Waals surface area contributed by atoms with E-state index in [4.69, 9.17) is 5.73 Å². The van der Waals surface area contributed by atoms with Crippen LogP contribution in [0.4, 0.5) is 5.82 Å². The molecule has 0 aliphatic carbocycles. The van der Waals surface area contributed by atoms with Gasteiger partial charge < -0.3 is 5.73 Å². The first-order valence-electron chi connectivity index (χ1n) is 6.11. The van der Waals surface area contributed by atoms with E-state index in [2.05, 4.69) is 9.97 Å². The first-order valence-corrected chi connectivity index (χ1v) is 6.11. The van der Waals surface area contributed by atoms with Crippen molar-refractivity contribution >= 4 is 17.6 Å². The lowest BCUT2D eigenvalue weighted by Gasteiger charge is -2.13. The number of hydrogen-bond donors (Lipinski definition) is 1. The minimum atomic E-state index is -0.325. The normalized spacial score (nSPS) is 13.8. The molecule has 6 nitrogen and oxygen atoms in total. The molecule has 1 aliphatic heterocycles. The number of rotatable bonds is 2. The van der Waals surface area contributed by atoms with E-state index < -0.39 is 0 Å². The lowest BCUT2D eigenvalue weighted by Crippen LogP contribution is -2.30. The maximum Gasteiger partial charge on any atom is 0.261 e. The molecule has 20 heavy (non-hydrogen) atoms. The summed E-state index contributed by atoms with van der Waals surface area (Å²) in [6, 6.07) is 8.37. The molecule has 0 spiro atoms. The van der Waals surface area contributed by atoms with Crippen molar-refractivity contribution < 1.29 is 9.59 Å². The Morgan fingerprint density at radius 1 is 1.10 bits per heavy atom. The molecule has 2 heterocycles. The van der Waals surface area contributed by atoms with Gasteiger partial charge in [-0.25, -0.2) is 9.97 Å². The van der Waals surface area contributed by atoms with Crippen LogP contribution in [0.3, 0.4) is 0 Å². The number of aryl methyl sites for hydroxylation is 1. The number of carbonyl (C=O) groups is 2. The standard InChI is InChI=1S/C14H12N4O2/c1-8-6-11(15)17-12(16-8)7-18-13(19)9-4-2-3-5-10(9)14(18)20/h2-6H,7H2,1H3,(H2,15,16,17). The number of hydrogen-bond acceptors (Lipinski definition) is 5. The molecule has 0 fully saturated rings. The number of carbonyl (C=O) groups excluding carboxylic acids is 2. The molecule has 2 aromatic rings. The quantitative estimate of drug-likeness (QED) is 0.826. The van der Waals surface area contributed by atoms with Gasteiger partial charge in [-0.15, -0.1) is 0 Å². The Hall–Kier alpha value is -2.76. The van der Waals surface area contributed by atoms with Crippen LogP contribution in [0.5, 0.6) is 0 Å². The molecule has 1 aromatic heterocycles. The van der Waals surface area contributed by atoms with Gasteiger partial charge in [-0.05, 0) is 19.1 Å². The van der Waals surface area contributed by atoms with Crippen LogP contribution in [0.25, 0.3) is 0 Å². The monoisotopic (exact) mass is 268 g/mol. The molecule has 0 radical (unpaired) electrons. The van der Waals surface area contributed by atoms with Crippen molar-refractivity contribution in [2.24, 2.45) is 0 Å². The summed E-state index contributed by atoms with van der Waals surface area (Å²) in [5.74, 6) is 0.0321. The van der Waals surface area contributed by atoms with Gasteiger partial charge in [0.25, 0.3) is 11.8 Å². The van der Waals surface area contributed by atoms with Crippen molar-refractivity contribution in [2.45, 2.75) is 13.5 Å². The molecule has 0 atom stereocenters. The second-order valence-electron chi connectivity index (χ2n) is 4.59. The van der Waals surface area contributed by atoms with Crippen molar-refractivity contribution in [1.82, 2.24) is 14.9 Å². The van der Waals surface area contributed by atoms with Gasteiger partial charge in [0.05, 0.1) is 17.7 Å². The molecular weight excluding hydrogens is 256 g/mol. The number of amides is 2. The molecule has 3 rings (SSSR count). The number of benzene rings is 1. The Morgan fingerprint density at radius 2 is 1.70 bits per heavy atom. The van der Waals surface area contributed by atoms with E-state index in [-0.39, 0.29) is 18.4 Å². The van der Waals surface area contributed by atoms with Crippen molar-refractivity contribution in [3.8, 4) is 0 Å². The van der Waals surface area contributed by atoms with E-state index in [9.17, 15) is 9.59 Å². The Balaban J connectivity index is 1.93. The molecule has 6 heteroatoms. The van der Waals surface area contributed by atoms with Gasteiger partial charge >= 0.3 is 0 Å². The van der Waals surface area contributed by atoms with E-state index in [1.54, 1.807) is 37.3 Å². The number of imide groups is 1. The molecule has 2 amide bonds. The van der Waals surface area contributed by atoms with Crippen molar-refractivity contribution in [2.75, 3.05) is 5.73 Å². The van der Waals surface area contributed by atoms with E-state index in [1.165, 1.54) is 0 Å². The largest absolute Gasteiger partial charge is 0.384 e. The van der Waals surface area contributed by atoms with E-state index in [1.807, 2.05) is 0 Å². The molecule has 0 unspecified atom stereocenters. The molecule has 0 saturated heterocycles. The zero-order valence-corrected chi connectivity index (χ0v) is 10.8. The van der Waals surface area contributed by atoms with Gasteiger partial charge in [0.15, 0.2) is 5.82 Å². The average Bonchev–Trinajstić information content (AvgIpc) is 2.64. The van der Waals surface area contributed by atoms with Crippen LogP contribution in [0.15, 0.2) is 30.3 Å². The third-order valence-electron chi connectivity index (χ3n) is 3.10. The Kier molecular flexibility index (Phi) is 2.71. The van der Waals surface area contributed by atoms with Gasteiger partial charge in [0.1, 0.15) is 5.82 Å². The lowest BCUT2D eigenvalue weighted by atomic mass is 10.1. The smallest absolute Gasteiger partial charge is 0.261 e. The van der Waals surface area contributed by atoms with Crippen LogP contribution in [-0.2, 0) is 6.54 Å². The number of nitrogen functional groups attached to an aromatic ring is 1. The number of nitrogens with zero attached hydrogens (tertiary/aromatic N) is 3. The average molecular weight is 268 g/mol. The molecular formula is C14H12N4O2.